The second-order valence-corrected chi connectivity index (χ2v) is 7.48. The van der Waals surface area contributed by atoms with E-state index in [1.807, 2.05) is 0 Å². The van der Waals surface area contributed by atoms with Crippen molar-refractivity contribution >= 4 is 29.3 Å². The van der Waals surface area contributed by atoms with Gasteiger partial charge in [-0.05, 0) is 59.0 Å². The summed E-state index contributed by atoms with van der Waals surface area (Å²) >= 11 is 1.14. The molecule has 0 spiro atoms. The second kappa shape index (κ2) is 9.79. The smallest absolute Gasteiger partial charge is 0.253 e. The lowest BCUT2D eigenvalue weighted by Crippen LogP contribution is -2.25. The highest BCUT2D eigenvalue weighted by molar-refractivity contribution is 7.99. The molecule has 0 bridgehead atoms. The van der Waals surface area contributed by atoms with E-state index < -0.39 is 0 Å². The van der Waals surface area contributed by atoms with E-state index >= 15 is 0 Å². The summed E-state index contributed by atoms with van der Waals surface area (Å²) in [5.74, 6) is 0.133. The van der Waals surface area contributed by atoms with E-state index in [9.17, 15) is 14.7 Å². The first-order valence-electron chi connectivity index (χ1n) is 9.50. The van der Waals surface area contributed by atoms with Crippen molar-refractivity contribution in [1.29, 1.82) is 0 Å². The summed E-state index contributed by atoms with van der Waals surface area (Å²) in [6.07, 6.45) is 1.53. The van der Waals surface area contributed by atoms with Crippen molar-refractivity contribution in [3.8, 4) is 11.4 Å². The van der Waals surface area contributed by atoms with Crippen molar-refractivity contribution in [3.05, 3.63) is 78.3 Å². The largest absolute Gasteiger partial charge is 0.508 e. The summed E-state index contributed by atoms with van der Waals surface area (Å²) in [7, 11) is 0. The minimum absolute atomic E-state index is 0.0286. The van der Waals surface area contributed by atoms with Gasteiger partial charge in [-0.2, -0.15) is 4.68 Å². The maximum absolute atomic E-state index is 12.6. The minimum Gasteiger partial charge on any atom is -0.508 e. The Morgan fingerprint density at radius 1 is 1.06 bits per heavy atom. The number of nitrogens with zero attached hydrogens (tertiary/aromatic N) is 4. The number of nitrogens with one attached hydrogen (secondary N) is 2. The highest BCUT2D eigenvalue weighted by atomic mass is 32.2. The number of anilines is 1. The molecule has 2 heterocycles. The maximum Gasteiger partial charge on any atom is 0.253 e. The molecule has 2 amide bonds. The van der Waals surface area contributed by atoms with E-state index in [0.717, 1.165) is 11.8 Å². The highest BCUT2D eigenvalue weighted by Gasteiger charge is 2.15. The third-order valence-electron chi connectivity index (χ3n) is 4.32. The van der Waals surface area contributed by atoms with Gasteiger partial charge in [0.25, 0.3) is 5.91 Å². The van der Waals surface area contributed by atoms with E-state index in [4.69, 9.17) is 4.42 Å². The number of thioether (sulfide) groups is 1. The van der Waals surface area contributed by atoms with Gasteiger partial charge in [-0.1, -0.05) is 23.9 Å². The first-order valence-corrected chi connectivity index (χ1v) is 10.5. The van der Waals surface area contributed by atoms with E-state index in [0.29, 0.717) is 27.9 Å². The van der Waals surface area contributed by atoms with E-state index in [2.05, 4.69) is 26.2 Å². The molecular weight excluding hydrogens is 432 g/mol. The second-order valence-electron chi connectivity index (χ2n) is 6.53. The molecule has 11 heteroatoms. The summed E-state index contributed by atoms with van der Waals surface area (Å²) in [6, 6.07) is 16.6. The Balaban J connectivity index is 1.38. The Labute approximate surface area is 186 Å². The van der Waals surface area contributed by atoms with Crippen LogP contribution in [0.25, 0.3) is 5.69 Å². The van der Waals surface area contributed by atoms with Crippen LogP contribution in [0.3, 0.4) is 0 Å². The number of furan rings is 1. The van der Waals surface area contributed by atoms with Crippen LogP contribution in [0.1, 0.15) is 16.1 Å². The van der Waals surface area contributed by atoms with Crippen LogP contribution < -0.4 is 10.6 Å². The van der Waals surface area contributed by atoms with Crippen LogP contribution in [0.5, 0.6) is 5.75 Å². The van der Waals surface area contributed by atoms with E-state index in [1.165, 1.54) is 23.1 Å². The van der Waals surface area contributed by atoms with Crippen molar-refractivity contribution in [2.24, 2.45) is 0 Å². The van der Waals surface area contributed by atoms with E-state index in [1.54, 1.807) is 48.5 Å². The van der Waals surface area contributed by atoms with Gasteiger partial charge < -0.3 is 20.2 Å². The summed E-state index contributed by atoms with van der Waals surface area (Å²) in [5, 5.41) is 26.9. The van der Waals surface area contributed by atoms with Crippen molar-refractivity contribution in [3.63, 3.8) is 0 Å². The van der Waals surface area contributed by atoms with Gasteiger partial charge in [0, 0.05) is 0 Å². The fraction of sp³-hybridized carbons (Fsp3) is 0.0952. The van der Waals surface area contributed by atoms with Gasteiger partial charge in [0.1, 0.15) is 11.5 Å². The minimum atomic E-state index is -0.332. The monoisotopic (exact) mass is 450 g/mol. The van der Waals surface area contributed by atoms with Gasteiger partial charge in [-0.3, -0.25) is 9.59 Å². The number of aromatic hydroxyl groups is 1. The van der Waals surface area contributed by atoms with Crippen LogP contribution in [0.2, 0.25) is 0 Å². The highest BCUT2D eigenvalue weighted by Crippen LogP contribution is 2.21. The lowest BCUT2D eigenvalue weighted by molar-refractivity contribution is -0.113. The van der Waals surface area contributed by atoms with E-state index in [-0.39, 0.29) is 29.9 Å². The molecule has 0 radical (unpaired) electrons. The van der Waals surface area contributed by atoms with Gasteiger partial charge in [-0.15, -0.1) is 5.10 Å². The van der Waals surface area contributed by atoms with Crippen LogP contribution in [0.15, 0.2) is 76.5 Å². The molecule has 0 unspecified atom stereocenters. The Kier molecular flexibility index (Phi) is 6.46. The molecule has 2 aromatic heterocycles. The fourth-order valence-corrected chi connectivity index (χ4v) is 3.50. The van der Waals surface area contributed by atoms with Gasteiger partial charge in [0.05, 0.1) is 35.5 Å². The standard InChI is InChI=1S/C21H18N6O4S/c28-15-9-7-14(8-10-15)27-21(24-25-26-27)32-13-19(29)23-18-6-2-1-5-17(18)20(30)22-12-16-4-3-11-31-16/h1-11,28H,12-13H2,(H,22,30)(H,23,29). The number of para-hydroxylation sites is 1. The first kappa shape index (κ1) is 21.1. The average Bonchev–Trinajstić information content (AvgIpc) is 3.49. The summed E-state index contributed by atoms with van der Waals surface area (Å²) in [4.78, 5) is 25.1. The van der Waals surface area contributed by atoms with Crippen molar-refractivity contribution in [2.45, 2.75) is 11.7 Å². The summed E-state index contributed by atoms with van der Waals surface area (Å²) < 4.78 is 6.68. The van der Waals surface area contributed by atoms with Crippen molar-refractivity contribution < 1.29 is 19.1 Å². The SMILES string of the molecule is O=C(CSc1nnnn1-c1ccc(O)cc1)Nc1ccccc1C(=O)NCc1ccco1. The molecule has 3 N–H and O–H groups in total. The molecular formula is C21H18N6O4S. The molecule has 0 atom stereocenters. The molecule has 0 saturated carbocycles. The molecule has 0 aliphatic rings. The maximum atomic E-state index is 12.6. The quantitative estimate of drug-likeness (QED) is 0.349. The summed E-state index contributed by atoms with van der Waals surface area (Å²) in [6.45, 7) is 0.240. The molecule has 0 fully saturated rings. The van der Waals surface area contributed by atoms with Crippen LogP contribution in [0.4, 0.5) is 5.69 Å². The number of hydrogen-bond acceptors (Lipinski definition) is 8. The van der Waals surface area contributed by atoms with Crippen LogP contribution in [0, 0.1) is 0 Å². The number of amides is 2. The Morgan fingerprint density at radius 2 is 1.88 bits per heavy atom. The molecule has 10 nitrogen and oxygen atoms in total. The average molecular weight is 450 g/mol. The van der Waals surface area contributed by atoms with Crippen LogP contribution >= 0.6 is 11.8 Å². The zero-order valence-electron chi connectivity index (χ0n) is 16.6. The van der Waals surface area contributed by atoms with Gasteiger partial charge in [0.15, 0.2) is 0 Å². The Morgan fingerprint density at radius 3 is 2.66 bits per heavy atom. The first-order chi connectivity index (χ1) is 15.6. The summed E-state index contributed by atoms with van der Waals surface area (Å²) in [5.41, 5.74) is 1.38. The normalized spacial score (nSPS) is 10.6. The zero-order valence-corrected chi connectivity index (χ0v) is 17.5. The predicted molar refractivity (Wildman–Crippen MR) is 116 cm³/mol. The number of benzene rings is 2. The number of phenolic OH excluding ortho intramolecular Hbond substituents is 1. The predicted octanol–water partition coefficient (Wildman–Crippen LogP) is 2.62. The lowest BCUT2D eigenvalue weighted by Gasteiger charge is -2.11. The number of rotatable bonds is 8. The molecule has 0 aliphatic carbocycles. The Bertz CT molecular complexity index is 1210. The topological polar surface area (TPSA) is 135 Å². The zero-order chi connectivity index (χ0) is 22.3. The number of tetrazole rings is 1. The van der Waals surface area contributed by atoms with Gasteiger partial charge >= 0.3 is 0 Å². The van der Waals surface area contributed by atoms with Crippen molar-refractivity contribution in [2.75, 3.05) is 11.1 Å². The molecule has 2 aromatic carbocycles. The molecule has 32 heavy (non-hydrogen) atoms. The lowest BCUT2D eigenvalue weighted by atomic mass is 10.1. The van der Waals surface area contributed by atoms with Crippen molar-refractivity contribution in [1.82, 2.24) is 25.5 Å². The number of aromatic nitrogens is 4. The molecule has 0 aliphatic heterocycles. The number of carbonyl (C=O) groups excluding carboxylic acids is 2. The van der Waals surface area contributed by atoms with Gasteiger partial charge in [0.2, 0.25) is 11.1 Å². The van der Waals surface area contributed by atoms with Crippen LogP contribution in [-0.2, 0) is 11.3 Å². The third-order valence-corrected chi connectivity index (χ3v) is 5.24. The third kappa shape index (κ3) is 5.13. The van der Waals surface area contributed by atoms with Crippen LogP contribution in [-0.4, -0.2) is 42.9 Å². The van der Waals surface area contributed by atoms with Gasteiger partial charge in [-0.25, -0.2) is 0 Å². The molecule has 4 aromatic rings. The number of hydrogen-bond donors (Lipinski definition) is 3. The molecule has 0 saturated heterocycles. The molecule has 162 valence electrons. The fourth-order valence-electron chi connectivity index (χ4n) is 2.81. The number of phenols is 1. The Hall–Kier alpha value is -4.12. The number of carbonyl (C=O) groups is 2. The molecule has 4 rings (SSSR count).